The van der Waals surface area contributed by atoms with Crippen LogP contribution in [0.3, 0.4) is 0 Å². The lowest BCUT2D eigenvalue weighted by Crippen LogP contribution is -2.29. The molecule has 0 aliphatic carbocycles. The fourth-order valence-corrected chi connectivity index (χ4v) is 2.52. The summed E-state index contributed by atoms with van der Waals surface area (Å²) in [5, 5.41) is 8.71. The van der Waals surface area contributed by atoms with E-state index < -0.39 is 15.8 Å². The zero-order chi connectivity index (χ0) is 13.1. The highest BCUT2D eigenvalue weighted by Crippen LogP contribution is 2.17. The standard InChI is InChI=1S/C10H15FN2O3S/c1-13(4-5-14)17(15,16)9-2-3-10(11)8(6-9)7-12/h2-3,6,14H,4-5,7,12H2,1H3. The van der Waals surface area contributed by atoms with Gasteiger partial charge < -0.3 is 10.8 Å². The van der Waals surface area contributed by atoms with Gasteiger partial charge in [-0.15, -0.1) is 0 Å². The van der Waals surface area contributed by atoms with Crippen molar-refractivity contribution in [1.82, 2.24) is 4.31 Å². The molecular weight excluding hydrogens is 247 g/mol. The number of likely N-dealkylation sites (N-methyl/N-ethyl adjacent to an activating group) is 1. The molecule has 1 aromatic carbocycles. The molecule has 0 aliphatic rings. The molecule has 0 aromatic heterocycles. The van der Waals surface area contributed by atoms with Crippen molar-refractivity contribution in [1.29, 1.82) is 0 Å². The molecule has 17 heavy (non-hydrogen) atoms. The van der Waals surface area contributed by atoms with Crippen molar-refractivity contribution < 1.29 is 17.9 Å². The van der Waals surface area contributed by atoms with E-state index in [1.165, 1.54) is 19.2 Å². The van der Waals surface area contributed by atoms with Crippen LogP contribution in [-0.2, 0) is 16.6 Å². The highest BCUT2D eigenvalue weighted by Gasteiger charge is 2.21. The maximum atomic E-state index is 13.2. The monoisotopic (exact) mass is 262 g/mol. The van der Waals surface area contributed by atoms with Gasteiger partial charge in [0.2, 0.25) is 10.0 Å². The predicted octanol–water partition coefficient (Wildman–Crippen LogP) is -0.103. The highest BCUT2D eigenvalue weighted by atomic mass is 32.2. The Balaban J connectivity index is 3.15. The molecule has 0 heterocycles. The SMILES string of the molecule is CN(CCO)S(=O)(=O)c1ccc(F)c(CN)c1. The molecule has 1 rings (SSSR count). The maximum Gasteiger partial charge on any atom is 0.242 e. The van der Waals surface area contributed by atoms with Gasteiger partial charge in [0.25, 0.3) is 0 Å². The van der Waals surface area contributed by atoms with Crippen LogP contribution in [-0.4, -0.2) is 38.0 Å². The molecule has 7 heteroatoms. The Morgan fingerprint density at radius 3 is 2.65 bits per heavy atom. The fourth-order valence-electron chi connectivity index (χ4n) is 1.31. The first-order valence-electron chi connectivity index (χ1n) is 4.99. The van der Waals surface area contributed by atoms with Gasteiger partial charge in [0, 0.05) is 25.7 Å². The molecule has 3 N–H and O–H groups in total. The number of benzene rings is 1. The van der Waals surface area contributed by atoms with Crippen molar-refractivity contribution in [3.05, 3.63) is 29.6 Å². The van der Waals surface area contributed by atoms with Gasteiger partial charge in [0.15, 0.2) is 0 Å². The van der Waals surface area contributed by atoms with Crippen LogP contribution < -0.4 is 5.73 Å². The average molecular weight is 262 g/mol. The van der Waals surface area contributed by atoms with Crippen molar-refractivity contribution in [2.75, 3.05) is 20.2 Å². The Bertz CT molecular complexity index is 490. The van der Waals surface area contributed by atoms with E-state index >= 15 is 0 Å². The second-order valence-corrected chi connectivity index (χ2v) is 5.55. The third-order valence-electron chi connectivity index (χ3n) is 2.36. The largest absolute Gasteiger partial charge is 0.395 e. The van der Waals surface area contributed by atoms with E-state index in [4.69, 9.17) is 10.8 Å². The van der Waals surface area contributed by atoms with E-state index in [0.717, 1.165) is 10.4 Å². The Hall–Kier alpha value is -1.02. The molecular formula is C10H15FN2O3S. The fraction of sp³-hybridized carbons (Fsp3) is 0.400. The van der Waals surface area contributed by atoms with Crippen molar-refractivity contribution in [3.63, 3.8) is 0 Å². The van der Waals surface area contributed by atoms with Crippen LogP contribution in [0.15, 0.2) is 23.1 Å². The topological polar surface area (TPSA) is 83.6 Å². The molecule has 0 unspecified atom stereocenters. The van der Waals surface area contributed by atoms with Crippen LogP contribution in [0.1, 0.15) is 5.56 Å². The second kappa shape index (κ2) is 5.54. The van der Waals surface area contributed by atoms with Crippen molar-refractivity contribution in [2.45, 2.75) is 11.4 Å². The van der Waals surface area contributed by atoms with Gasteiger partial charge in [-0.3, -0.25) is 0 Å². The van der Waals surface area contributed by atoms with Crippen LogP contribution in [0, 0.1) is 5.82 Å². The number of rotatable bonds is 5. The molecule has 0 atom stereocenters. The van der Waals surface area contributed by atoms with E-state index in [0.29, 0.717) is 0 Å². The van der Waals surface area contributed by atoms with E-state index in [1.54, 1.807) is 0 Å². The normalized spacial score (nSPS) is 12.1. The summed E-state index contributed by atoms with van der Waals surface area (Å²) in [6.07, 6.45) is 0. The first-order valence-corrected chi connectivity index (χ1v) is 6.43. The number of hydrogen-bond acceptors (Lipinski definition) is 4. The minimum Gasteiger partial charge on any atom is -0.395 e. The minimum absolute atomic E-state index is 0.0162. The molecule has 96 valence electrons. The Kier molecular flexibility index (Phi) is 4.58. The third-order valence-corrected chi connectivity index (χ3v) is 4.21. The van der Waals surface area contributed by atoms with Gasteiger partial charge in [-0.05, 0) is 18.2 Å². The van der Waals surface area contributed by atoms with Crippen LogP contribution >= 0.6 is 0 Å². The van der Waals surface area contributed by atoms with E-state index in [-0.39, 0.29) is 30.2 Å². The molecule has 0 saturated heterocycles. The van der Waals surface area contributed by atoms with Gasteiger partial charge in [-0.25, -0.2) is 12.8 Å². The van der Waals surface area contributed by atoms with Gasteiger partial charge in [0.1, 0.15) is 5.82 Å². The number of nitrogens with two attached hydrogens (primary N) is 1. The van der Waals surface area contributed by atoms with E-state index in [1.807, 2.05) is 0 Å². The summed E-state index contributed by atoms with van der Waals surface area (Å²) in [6, 6.07) is 3.46. The van der Waals surface area contributed by atoms with Crippen LogP contribution in [0.4, 0.5) is 4.39 Å². The summed E-state index contributed by atoms with van der Waals surface area (Å²) in [7, 11) is -2.36. The number of aliphatic hydroxyl groups excluding tert-OH is 1. The summed E-state index contributed by atoms with van der Waals surface area (Å²) >= 11 is 0. The van der Waals surface area contributed by atoms with Crippen molar-refractivity contribution in [3.8, 4) is 0 Å². The van der Waals surface area contributed by atoms with Gasteiger partial charge >= 0.3 is 0 Å². The molecule has 1 aromatic rings. The number of nitrogens with zero attached hydrogens (tertiary/aromatic N) is 1. The minimum atomic E-state index is -3.70. The molecule has 5 nitrogen and oxygen atoms in total. The van der Waals surface area contributed by atoms with Gasteiger partial charge in [0.05, 0.1) is 11.5 Å². The number of hydrogen-bond donors (Lipinski definition) is 2. The smallest absolute Gasteiger partial charge is 0.242 e. The molecule has 0 fully saturated rings. The lowest BCUT2D eigenvalue weighted by Gasteiger charge is -2.16. The maximum absolute atomic E-state index is 13.2. The molecule has 0 amide bonds. The highest BCUT2D eigenvalue weighted by molar-refractivity contribution is 7.89. The molecule has 0 saturated carbocycles. The lowest BCUT2D eigenvalue weighted by atomic mass is 10.2. The number of aliphatic hydroxyl groups is 1. The quantitative estimate of drug-likeness (QED) is 0.776. The third kappa shape index (κ3) is 3.01. The summed E-state index contributed by atoms with van der Waals surface area (Å²) in [6.45, 7) is -0.364. The lowest BCUT2D eigenvalue weighted by molar-refractivity contribution is 0.266. The Morgan fingerprint density at radius 2 is 2.12 bits per heavy atom. The molecule has 0 bridgehead atoms. The van der Waals surface area contributed by atoms with Crippen molar-refractivity contribution >= 4 is 10.0 Å². The molecule has 0 aliphatic heterocycles. The average Bonchev–Trinajstić information content (AvgIpc) is 2.29. The first-order chi connectivity index (χ1) is 7.93. The molecule has 0 radical (unpaired) electrons. The molecule has 0 spiro atoms. The number of halogens is 1. The van der Waals surface area contributed by atoms with Crippen LogP contribution in [0.25, 0.3) is 0 Å². The Labute approximate surface area is 99.7 Å². The number of sulfonamides is 1. The van der Waals surface area contributed by atoms with Crippen LogP contribution in [0.5, 0.6) is 0 Å². The zero-order valence-electron chi connectivity index (χ0n) is 9.43. The summed E-state index contributed by atoms with van der Waals surface area (Å²) in [5.41, 5.74) is 5.45. The van der Waals surface area contributed by atoms with Gasteiger partial charge in [-0.2, -0.15) is 4.31 Å². The zero-order valence-corrected chi connectivity index (χ0v) is 10.2. The van der Waals surface area contributed by atoms with Crippen LogP contribution in [0.2, 0.25) is 0 Å². The first kappa shape index (κ1) is 14.0. The summed E-state index contributed by atoms with van der Waals surface area (Å²) < 4.78 is 38.1. The van der Waals surface area contributed by atoms with E-state index in [2.05, 4.69) is 0 Å². The summed E-state index contributed by atoms with van der Waals surface area (Å²) in [4.78, 5) is -0.0321. The van der Waals surface area contributed by atoms with Crippen molar-refractivity contribution in [2.24, 2.45) is 5.73 Å². The summed E-state index contributed by atoms with van der Waals surface area (Å²) in [5.74, 6) is -0.531. The second-order valence-electron chi connectivity index (χ2n) is 3.51. The predicted molar refractivity (Wildman–Crippen MR) is 61.2 cm³/mol. The Morgan fingerprint density at radius 1 is 1.47 bits per heavy atom. The van der Waals surface area contributed by atoms with Gasteiger partial charge in [-0.1, -0.05) is 0 Å². The van der Waals surface area contributed by atoms with E-state index in [9.17, 15) is 12.8 Å².